The first-order chi connectivity index (χ1) is 12.8. The molecule has 1 saturated carbocycles. The summed E-state index contributed by atoms with van der Waals surface area (Å²) < 4.78 is 0. The van der Waals surface area contributed by atoms with Gasteiger partial charge in [0.25, 0.3) is 5.91 Å². The maximum absolute atomic E-state index is 13.1. The summed E-state index contributed by atoms with van der Waals surface area (Å²) in [4.78, 5) is 17.8. The summed E-state index contributed by atoms with van der Waals surface area (Å²) in [6.45, 7) is 3.70. The number of hydrogen-bond acceptors (Lipinski definition) is 3. The van der Waals surface area contributed by atoms with Gasteiger partial charge < -0.3 is 10.6 Å². The van der Waals surface area contributed by atoms with Crippen molar-refractivity contribution in [3.8, 4) is 0 Å². The average molecular weight is 418 g/mol. The number of aromatic nitrogens is 1. The van der Waals surface area contributed by atoms with E-state index in [0.29, 0.717) is 11.5 Å². The minimum Gasteiger partial charge on any atom is -0.322 e. The standard InChI is InChI=1S/C22H23N3O.2ClH/c1-2-23-14-16-7-3-5-9-19(16)25-22(26)18-13-21(15-11-12-15)24-20-10-6-4-8-17(18)20;;/h3-10,13,15,23H,2,11-12,14H2,1H3,(H,25,26);2*1H. The lowest BCUT2D eigenvalue weighted by atomic mass is 10.0. The van der Waals surface area contributed by atoms with Gasteiger partial charge in [0.1, 0.15) is 0 Å². The number of fused-ring (bicyclic) bond motifs is 1. The summed E-state index contributed by atoms with van der Waals surface area (Å²) in [6.07, 6.45) is 2.33. The first kappa shape index (κ1) is 22.2. The molecule has 0 saturated heterocycles. The second-order valence-electron chi connectivity index (χ2n) is 6.78. The highest BCUT2D eigenvalue weighted by molar-refractivity contribution is 6.12. The minimum absolute atomic E-state index is 0. The SMILES string of the molecule is CCNCc1ccccc1NC(=O)c1cc(C2CC2)nc2ccccc12.Cl.Cl. The molecule has 0 spiro atoms. The van der Waals surface area contributed by atoms with Crippen LogP contribution in [0.1, 0.15) is 47.3 Å². The predicted molar refractivity (Wildman–Crippen MR) is 120 cm³/mol. The number of nitrogens with one attached hydrogen (secondary N) is 2. The summed E-state index contributed by atoms with van der Waals surface area (Å²) in [5.74, 6) is 0.432. The lowest BCUT2D eigenvalue weighted by Crippen LogP contribution is -2.17. The maximum atomic E-state index is 13.1. The molecule has 1 aliphatic rings. The predicted octanol–water partition coefficient (Wildman–Crippen LogP) is 5.32. The summed E-state index contributed by atoms with van der Waals surface area (Å²) in [7, 11) is 0. The fraction of sp³-hybridized carbons (Fsp3) is 0.273. The zero-order valence-electron chi connectivity index (χ0n) is 15.8. The lowest BCUT2D eigenvalue weighted by molar-refractivity contribution is 0.102. The molecular formula is C22H25Cl2N3O. The Morgan fingerprint density at radius 3 is 2.54 bits per heavy atom. The van der Waals surface area contributed by atoms with Crippen LogP contribution in [0.15, 0.2) is 54.6 Å². The molecule has 0 aliphatic heterocycles. The van der Waals surface area contributed by atoms with Crippen LogP contribution in [0, 0.1) is 0 Å². The lowest BCUT2D eigenvalue weighted by Gasteiger charge is -2.13. The van der Waals surface area contributed by atoms with Crippen LogP contribution in [-0.2, 0) is 6.54 Å². The smallest absolute Gasteiger partial charge is 0.256 e. The Bertz CT molecular complexity index is 957. The molecule has 1 heterocycles. The number of carbonyl (C=O) groups is 1. The van der Waals surface area contributed by atoms with E-state index >= 15 is 0 Å². The van der Waals surface area contributed by atoms with Crippen molar-refractivity contribution in [3.05, 3.63) is 71.4 Å². The summed E-state index contributed by atoms with van der Waals surface area (Å²) in [5.41, 5.74) is 4.57. The van der Waals surface area contributed by atoms with Gasteiger partial charge in [-0.15, -0.1) is 24.8 Å². The maximum Gasteiger partial charge on any atom is 0.256 e. The van der Waals surface area contributed by atoms with Crippen LogP contribution in [0.5, 0.6) is 0 Å². The van der Waals surface area contributed by atoms with E-state index in [0.717, 1.165) is 53.8 Å². The normalized spacial score (nSPS) is 12.8. The Morgan fingerprint density at radius 1 is 1.07 bits per heavy atom. The van der Waals surface area contributed by atoms with Crippen LogP contribution in [0.2, 0.25) is 0 Å². The van der Waals surface area contributed by atoms with Gasteiger partial charge in [-0.25, -0.2) is 0 Å². The van der Waals surface area contributed by atoms with Gasteiger partial charge in [-0.1, -0.05) is 43.3 Å². The Labute approximate surface area is 178 Å². The van der Waals surface area contributed by atoms with Crippen molar-refractivity contribution < 1.29 is 4.79 Å². The van der Waals surface area contributed by atoms with Gasteiger partial charge in [0, 0.05) is 29.2 Å². The van der Waals surface area contributed by atoms with Gasteiger partial charge in [-0.3, -0.25) is 9.78 Å². The van der Waals surface area contributed by atoms with Crippen LogP contribution in [0.25, 0.3) is 10.9 Å². The van der Waals surface area contributed by atoms with E-state index in [1.165, 1.54) is 0 Å². The van der Waals surface area contributed by atoms with Crippen molar-refractivity contribution in [1.29, 1.82) is 0 Å². The number of amides is 1. The van der Waals surface area contributed by atoms with Gasteiger partial charge >= 0.3 is 0 Å². The molecule has 3 aromatic rings. The highest BCUT2D eigenvalue weighted by Crippen LogP contribution is 2.40. The van der Waals surface area contributed by atoms with Crippen molar-refractivity contribution in [1.82, 2.24) is 10.3 Å². The van der Waals surface area contributed by atoms with E-state index in [2.05, 4.69) is 17.6 Å². The van der Waals surface area contributed by atoms with Gasteiger partial charge in [-0.05, 0) is 43.1 Å². The molecule has 4 nitrogen and oxygen atoms in total. The van der Waals surface area contributed by atoms with E-state index in [-0.39, 0.29) is 30.7 Å². The first-order valence-corrected chi connectivity index (χ1v) is 9.26. The van der Waals surface area contributed by atoms with Crippen LogP contribution >= 0.6 is 24.8 Å². The van der Waals surface area contributed by atoms with E-state index in [4.69, 9.17) is 4.98 Å². The number of hydrogen-bond donors (Lipinski definition) is 2. The van der Waals surface area contributed by atoms with E-state index in [1.807, 2.05) is 54.6 Å². The van der Waals surface area contributed by atoms with Crippen LogP contribution in [-0.4, -0.2) is 17.4 Å². The topological polar surface area (TPSA) is 54.0 Å². The molecule has 2 aromatic carbocycles. The van der Waals surface area contributed by atoms with Crippen molar-refractivity contribution in [2.24, 2.45) is 0 Å². The quantitative estimate of drug-likeness (QED) is 0.570. The molecule has 0 unspecified atom stereocenters. The molecule has 148 valence electrons. The number of anilines is 1. The molecule has 0 radical (unpaired) electrons. The van der Waals surface area contributed by atoms with E-state index in [9.17, 15) is 4.79 Å². The monoisotopic (exact) mass is 417 g/mol. The molecule has 0 bridgehead atoms. The van der Waals surface area contributed by atoms with Gasteiger partial charge in [0.05, 0.1) is 11.1 Å². The number of benzene rings is 2. The second kappa shape index (κ2) is 9.87. The third-order valence-electron chi connectivity index (χ3n) is 4.81. The Balaban J connectivity index is 0.00000140. The van der Waals surface area contributed by atoms with Gasteiger partial charge in [-0.2, -0.15) is 0 Å². The number of rotatable bonds is 6. The molecule has 2 N–H and O–H groups in total. The fourth-order valence-corrected chi connectivity index (χ4v) is 3.22. The molecule has 28 heavy (non-hydrogen) atoms. The van der Waals surface area contributed by atoms with Crippen molar-refractivity contribution in [2.75, 3.05) is 11.9 Å². The Hall–Kier alpha value is -2.14. The Kier molecular flexibility index (Phi) is 7.81. The Morgan fingerprint density at radius 2 is 1.79 bits per heavy atom. The highest BCUT2D eigenvalue weighted by atomic mass is 35.5. The van der Waals surface area contributed by atoms with Crippen LogP contribution in [0.3, 0.4) is 0 Å². The number of halogens is 2. The van der Waals surface area contributed by atoms with E-state index in [1.54, 1.807) is 0 Å². The highest BCUT2D eigenvalue weighted by Gasteiger charge is 2.27. The average Bonchev–Trinajstić information content (AvgIpc) is 3.51. The van der Waals surface area contributed by atoms with E-state index < -0.39 is 0 Å². The summed E-state index contributed by atoms with van der Waals surface area (Å²) in [5, 5.41) is 7.33. The largest absolute Gasteiger partial charge is 0.322 e. The first-order valence-electron chi connectivity index (χ1n) is 9.26. The summed E-state index contributed by atoms with van der Waals surface area (Å²) in [6, 6.07) is 17.8. The number of nitrogens with zero attached hydrogens (tertiary/aromatic N) is 1. The van der Waals surface area contributed by atoms with Crippen molar-refractivity contribution in [2.45, 2.75) is 32.2 Å². The molecule has 1 aromatic heterocycles. The zero-order valence-corrected chi connectivity index (χ0v) is 17.4. The van der Waals surface area contributed by atoms with Crippen molar-refractivity contribution >= 4 is 47.3 Å². The van der Waals surface area contributed by atoms with Crippen molar-refractivity contribution in [3.63, 3.8) is 0 Å². The molecule has 0 atom stereocenters. The third kappa shape index (κ3) is 4.82. The molecular weight excluding hydrogens is 393 g/mol. The van der Waals surface area contributed by atoms with Gasteiger partial charge in [0.15, 0.2) is 0 Å². The minimum atomic E-state index is -0.0746. The molecule has 4 rings (SSSR count). The molecule has 6 heteroatoms. The third-order valence-corrected chi connectivity index (χ3v) is 4.81. The zero-order chi connectivity index (χ0) is 17.9. The number of para-hydroxylation sites is 2. The number of pyridine rings is 1. The second-order valence-corrected chi connectivity index (χ2v) is 6.78. The number of carbonyl (C=O) groups excluding carboxylic acids is 1. The van der Waals surface area contributed by atoms with Crippen LogP contribution in [0.4, 0.5) is 5.69 Å². The van der Waals surface area contributed by atoms with Gasteiger partial charge in [0.2, 0.25) is 0 Å². The van der Waals surface area contributed by atoms with Crippen LogP contribution < -0.4 is 10.6 Å². The molecule has 1 amide bonds. The molecule has 1 aliphatic carbocycles. The summed E-state index contributed by atoms with van der Waals surface area (Å²) >= 11 is 0. The fourth-order valence-electron chi connectivity index (χ4n) is 3.22. The molecule has 1 fully saturated rings.